The smallest absolute Gasteiger partial charge is 0.251 e. The second-order valence-electron chi connectivity index (χ2n) is 8.74. The third-order valence-corrected chi connectivity index (χ3v) is 7.62. The molecule has 1 aromatic rings. The molecule has 31 heavy (non-hydrogen) atoms. The molecule has 6 nitrogen and oxygen atoms in total. The normalized spacial score (nSPS) is 22.2. The van der Waals surface area contributed by atoms with Gasteiger partial charge in [-0.1, -0.05) is 26.0 Å². The molecule has 2 atom stereocenters. The van der Waals surface area contributed by atoms with Gasteiger partial charge in [0.1, 0.15) is 0 Å². The first-order chi connectivity index (χ1) is 15.0. The van der Waals surface area contributed by atoms with E-state index in [4.69, 9.17) is 0 Å². The monoisotopic (exact) mass is 438 g/mol. The largest absolute Gasteiger partial charge is 0.346 e. The van der Waals surface area contributed by atoms with Gasteiger partial charge in [-0.25, -0.2) is 0 Å². The van der Waals surface area contributed by atoms with Gasteiger partial charge >= 0.3 is 0 Å². The van der Waals surface area contributed by atoms with E-state index in [2.05, 4.69) is 34.0 Å². The summed E-state index contributed by atoms with van der Waals surface area (Å²) in [5.41, 5.74) is 2.36. The van der Waals surface area contributed by atoms with Gasteiger partial charge in [0.15, 0.2) is 0 Å². The minimum atomic E-state index is -1.04. The van der Waals surface area contributed by atoms with Crippen LogP contribution in [0, 0.1) is 11.8 Å². The van der Waals surface area contributed by atoms with E-state index in [1.54, 1.807) is 18.5 Å². The molecule has 2 unspecified atom stereocenters. The molecule has 1 fully saturated rings. The maximum absolute atomic E-state index is 13.0. The number of carbonyl (C=O) groups is 1. The van der Waals surface area contributed by atoms with E-state index < -0.39 is 10.8 Å². The summed E-state index contributed by atoms with van der Waals surface area (Å²) in [6.07, 6.45) is 13.0. The fourth-order valence-electron chi connectivity index (χ4n) is 4.20. The van der Waals surface area contributed by atoms with Crippen molar-refractivity contribution in [1.29, 1.82) is 0 Å². The number of aliphatic imine (C=N–C) groups is 1. The fourth-order valence-corrected chi connectivity index (χ4v) is 5.58. The van der Waals surface area contributed by atoms with Crippen LogP contribution < -0.4 is 5.32 Å². The summed E-state index contributed by atoms with van der Waals surface area (Å²) >= 11 is 0. The Morgan fingerprint density at radius 3 is 2.77 bits per heavy atom. The summed E-state index contributed by atoms with van der Waals surface area (Å²) in [4.78, 5) is 24.4. The highest BCUT2D eigenvalue weighted by molar-refractivity contribution is 7.85. The molecule has 3 aliphatic rings. The number of hydrogen-bond donors (Lipinski definition) is 1. The summed E-state index contributed by atoms with van der Waals surface area (Å²) in [5, 5.41) is 3.11. The predicted octanol–water partition coefficient (Wildman–Crippen LogP) is 3.01. The topological polar surface area (TPSA) is 74.7 Å². The summed E-state index contributed by atoms with van der Waals surface area (Å²) in [5.74, 6) is 0.629. The van der Waals surface area contributed by atoms with Crippen LogP contribution >= 0.6 is 0 Å². The summed E-state index contributed by atoms with van der Waals surface area (Å²) < 4.78 is 13.0. The Balaban J connectivity index is 1.27. The predicted molar refractivity (Wildman–Crippen MR) is 124 cm³/mol. The number of carbonyl (C=O) groups excluding carboxylic acids is 1. The summed E-state index contributed by atoms with van der Waals surface area (Å²) in [6.45, 7) is 7.95. The lowest BCUT2D eigenvalue weighted by Gasteiger charge is -2.32. The Morgan fingerprint density at radius 1 is 1.26 bits per heavy atom. The van der Waals surface area contributed by atoms with E-state index >= 15 is 0 Å². The first-order valence-electron chi connectivity index (χ1n) is 11.0. The maximum atomic E-state index is 13.0. The molecule has 1 N–H and O–H groups in total. The SMILES string of the molecule is CC(C)CN1CCC(S(=O)c2ccc(CNC(=O)C3=CC4C=CN=C4C=C3)nc2)CC1. The van der Waals surface area contributed by atoms with E-state index in [0.717, 1.165) is 48.8 Å². The van der Waals surface area contributed by atoms with E-state index in [9.17, 15) is 9.00 Å². The summed E-state index contributed by atoms with van der Waals surface area (Å²) in [7, 11) is -1.04. The second-order valence-corrected chi connectivity index (χ2v) is 10.5. The molecule has 0 saturated carbocycles. The van der Waals surface area contributed by atoms with Crippen molar-refractivity contribution in [3.63, 3.8) is 0 Å². The third kappa shape index (κ3) is 5.46. The van der Waals surface area contributed by atoms with Gasteiger partial charge in [-0.3, -0.25) is 19.0 Å². The minimum Gasteiger partial charge on any atom is -0.346 e. The van der Waals surface area contributed by atoms with Crippen LogP contribution in [0.5, 0.6) is 0 Å². The van der Waals surface area contributed by atoms with Crippen LogP contribution in [0.15, 0.2) is 64.3 Å². The first-order valence-corrected chi connectivity index (χ1v) is 12.2. The Kier molecular flexibility index (Phi) is 6.92. The van der Waals surface area contributed by atoms with Crippen LogP contribution in [-0.4, -0.2) is 50.6 Å². The number of nitrogens with zero attached hydrogens (tertiary/aromatic N) is 3. The van der Waals surface area contributed by atoms with E-state index in [1.807, 2.05) is 30.4 Å². The number of hydrogen-bond acceptors (Lipinski definition) is 5. The average molecular weight is 439 g/mol. The molecule has 0 radical (unpaired) electrons. The molecule has 0 spiro atoms. The van der Waals surface area contributed by atoms with Crippen LogP contribution in [0.2, 0.25) is 0 Å². The van der Waals surface area contributed by atoms with Gasteiger partial charge in [0, 0.05) is 35.7 Å². The molecule has 1 saturated heterocycles. The number of piperidine rings is 1. The standard InChI is InChI=1S/C24H30N4O2S/c1-17(2)16-28-11-8-21(9-12-28)31(30)22-5-4-20(26-15-22)14-27-24(29)19-3-6-23-18(13-19)7-10-25-23/h3-7,10,13,15,17-18,21H,8-9,11-12,14,16H2,1-2H3,(H,27,29). The van der Waals surface area contributed by atoms with Crippen molar-refractivity contribution in [2.75, 3.05) is 19.6 Å². The van der Waals surface area contributed by atoms with Crippen molar-refractivity contribution in [3.8, 4) is 0 Å². The molecule has 2 aliphatic heterocycles. The highest BCUT2D eigenvalue weighted by atomic mass is 32.2. The lowest BCUT2D eigenvalue weighted by molar-refractivity contribution is -0.117. The highest BCUT2D eigenvalue weighted by Crippen LogP contribution is 2.22. The van der Waals surface area contributed by atoms with Gasteiger partial charge in [-0.05, 0) is 56.1 Å². The average Bonchev–Trinajstić information content (AvgIpc) is 3.25. The van der Waals surface area contributed by atoms with Gasteiger partial charge in [0.25, 0.3) is 5.91 Å². The van der Waals surface area contributed by atoms with Crippen molar-refractivity contribution < 1.29 is 9.00 Å². The second kappa shape index (κ2) is 9.83. The Labute approximate surface area is 186 Å². The molecular formula is C24H30N4O2S. The van der Waals surface area contributed by atoms with Gasteiger partial charge in [-0.15, -0.1) is 0 Å². The lowest BCUT2D eigenvalue weighted by atomic mass is 9.95. The van der Waals surface area contributed by atoms with Crippen molar-refractivity contribution in [2.24, 2.45) is 16.8 Å². The van der Waals surface area contributed by atoms with Crippen molar-refractivity contribution in [2.45, 2.75) is 43.4 Å². The molecule has 4 rings (SSSR count). The Morgan fingerprint density at radius 2 is 2.06 bits per heavy atom. The number of fused-ring (bicyclic) bond motifs is 1. The molecule has 1 aliphatic carbocycles. The Bertz CT molecular complexity index is 954. The summed E-state index contributed by atoms with van der Waals surface area (Å²) in [6, 6.07) is 3.74. The van der Waals surface area contributed by atoms with Gasteiger partial charge in [0.05, 0.1) is 33.6 Å². The fraction of sp³-hybridized carbons (Fsp3) is 0.458. The molecule has 1 aromatic heterocycles. The van der Waals surface area contributed by atoms with Crippen LogP contribution in [0.4, 0.5) is 0 Å². The van der Waals surface area contributed by atoms with Gasteiger partial charge in [-0.2, -0.15) is 0 Å². The molecular weight excluding hydrogens is 408 g/mol. The van der Waals surface area contributed by atoms with Crippen LogP contribution in [0.25, 0.3) is 0 Å². The van der Waals surface area contributed by atoms with E-state index in [1.165, 1.54) is 0 Å². The minimum absolute atomic E-state index is 0.0929. The number of rotatable bonds is 7. The number of likely N-dealkylation sites (tertiary alicyclic amines) is 1. The number of pyridine rings is 1. The Hall–Kier alpha value is -2.38. The zero-order valence-electron chi connectivity index (χ0n) is 18.2. The first kappa shape index (κ1) is 21.8. The third-order valence-electron chi connectivity index (χ3n) is 5.83. The molecule has 7 heteroatoms. The van der Waals surface area contributed by atoms with E-state index in [0.29, 0.717) is 18.0 Å². The zero-order chi connectivity index (χ0) is 21.8. The van der Waals surface area contributed by atoms with Gasteiger partial charge in [0.2, 0.25) is 0 Å². The number of allylic oxidation sites excluding steroid dienone is 3. The van der Waals surface area contributed by atoms with Crippen molar-refractivity contribution in [1.82, 2.24) is 15.2 Å². The van der Waals surface area contributed by atoms with E-state index in [-0.39, 0.29) is 17.1 Å². The van der Waals surface area contributed by atoms with Crippen LogP contribution in [0.1, 0.15) is 32.4 Å². The molecule has 3 heterocycles. The van der Waals surface area contributed by atoms with Crippen LogP contribution in [0.3, 0.4) is 0 Å². The van der Waals surface area contributed by atoms with Crippen molar-refractivity contribution in [3.05, 3.63) is 60.1 Å². The van der Waals surface area contributed by atoms with Crippen molar-refractivity contribution >= 4 is 22.4 Å². The van der Waals surface area contributed by atoms with Crippen LogP contribution in [-0.2, 0) is 22.1 Å². The molecule has 164 valence electrons. The molecule has 0 aromatic carbocycles. The number of nitrogens with one attached hydrogen (secondary N) is 1. The number of amides is 1. The maximum Gasteiger partial charge on any atom is 0.251 e. The molecule has 1 amide bonds. The highest BCUT2D eigenvalue weighted by Gasteiger charge is 2.25. The molecule has 0 bridgehead atoms. The zero-order valence-corrected chi connectivity index (χ0v) is 19.0. The lowest BCUT2D eigenvalue weighted by Crippen LogP contribution is -2.39. The quantitative estimate of drug-likeness (QED) is 0.710. The van der Waals surface area contributed by atoms with Gasteiger partial charge < -0.3 is 10.2 Å². The number of aromatic nitrogens is 1.